The van der Waals surface area contributed by atoms with Gasteiger partial charge in [0.05, 0.1) is 5.69 Å². The first-order chi connectivity index (χ1) is 8.08. The third-order valence-electron chi connectivity index (χ3n) is 2.00. The van der Waals surface area contributed by atoms with Crippen LogP contribution in [0.3, 0.4) is 0 Å². The first-order valence-electron chi connectivity index (χ1n) is 4.56. The summed E-state index contributed by atoms with van der Waals surface area (Å²) >= 11 is 12.8. The van der Waals surface area contributed by atoms with E-state index in [-0.39, 0.29) is 5.82 Å². The van der Waals surface area contributed by atoms with E-state index in [1.54, 1.807) is 0 Å². The van der Waals surface area contributed by atoms with Crippen molar-refractivity contribution in [2.45, 2.75) is 0 Å². The summed E-state index contributed by atoms with van der Waals surface area (Å²) in [6.45, 7) is 0. The number of nitrogens with zero attached hydrogens (tertiary/aromatic N) is 2. The number of anilines is 3. The molecule has 0 atom stereocenters. The second-order valence-electron chi connectivity index (χ2n) is 3.17. The Labute approximate surface area is 120 Å². The highest BCUT2D eigenvalue weighted by molar-refractivity contribution is 9.11. The molecule has 1 aromatic carbocycles. The normalized spacial score (nSPS) is 10.3. The van der Waals surface area contributed by atoms with E-state index in [0.717, 1.165) is 14.6 Å². The molecule has 3 N–H and O–H groups in total. The van der Waals surface area contributed by atoms with Crippen molar-refractivity contribution in [3.05, 3.63) is 38.5 Å². The highest BCUT2D eigenvalue weighted by atomic mass is 79.9. The molecule has 1 heterocycles. The Kier molecular flexibility index (Phi) is 3.86. The molecule has 0 aliphatic carbocycles. The van der Waals surface area contributed by atoms with Crippen LogP contribution in [-0.2, 0) is 0 Å². The first-order valence-corrected chi connectivity index (χ1v) is 6.52. The number of nitrogens with two attached hydrogens (primary N) is 1. The van der Waals surface area contributed by atoms with Gasteiger partial charge in [0.15, 0.2) is 5.82 Å². The second-order valence-corrected chi connectivity index (χ2v) is 5.32. The van der Waals surface area contributed by atoms with E-state index in [2.05, 4.69) is 47.1 Å². The number of hydrogen-bond acceptors (Lipinski definition) is 4. The van der Waals surface area contributed by atoms with Crippen LogP contribution in [0.4, 0.5) is 17.3 Å². The maximum Gasteiger partial charge on any atom is 0.154 e. The van der Waals surface area contributed by atoms with E-state index in [4.69, 9.17) is 17.3 Å². The molecule has 0 unspecified atom stereocenters. The lowest BCUT2D eigenvalue weighted by molar-refractivity contribution is 1.17. The predicted molar refractivity (Wildman–Crippen MR) is 76.6 cm³/mol. The van der Waals surface area contributed by atoms with Gasteiger partial charge >= 0.3 is 0 Å². The van der Waals surface area contributed by atoms with Gasteiger partial charge in [-0.2, -0.15) is 0 Å². The molecule has 0 fully saturated rings. The van der Waals surface area contributed by atoms with Gasteiger partial charge in [0, 0.05) is 8.95 Å². The Morgan fingerprint density at radius 2 is 2.00 bits per heavy atom. The van der Waals surface area contributed by atoms with Crippen LogP contribution >= 0.6 is 43.5 Å². The summed E-state index contributed by atoms with van der Waals surface area (Å²) in [5.41, 5.74) is 6.43. The molecular formula is C10H7Br2ClN4. The zero-order chi connectivity index (χ0) is 12.4. The molecule has 0 radical (unpaired) electrons. The number of nitrogen functional groups attached to an aromatic ring is 1. The van der Waals surface area contributed by atoms with Gasteiger partial charge in [0.25, 0.3) is 0 Å². The average Bonchev–Trinajstić information content (AvgIpc) is 2.30. The van der Waals surface area contributed by atoms with Crippen molar-refractivity contribution < 1.29 is 0 Å². The molecule has 0 spiro atoms. The summed E-state index contributed by atoms with van der Waals surface area (Å²) in [5.74, 6) is 0.716. The Hall–Kier alpha value is -0.850. The maximum atomic E-state index is 6.00. The van der Waals surface area contributed by atoms with Gasteiger partial charge in [0.2, 0.25) is 0 Å². The average molecular weight is 378 g/mol. The van der Waals surface area contributed by atoms with Crippen molar-refractivity contribution in [3.8, 4) is 0 Å². The fraction of sp³-hybridized carbons (Fsp3) is 0. The second kappa shape index (κ2) is 5.20. The van der Waals surface area contributed by atoms with E-state index in [9.17, 15) is 0 Å². The molecular weight excluding hydrogens is 371 g/mol. The highest BCUT2D eigenvalue weighted by Gasteiger charge is 2.08. The summed E-state index contributed by atoms with van der Waals surface area (Å²) in [6.07, 6.45) is 1.36. The van der Waals surface area contributed by atoms with Crippen LogP contribution in [0, 0.1) is 0 Å². The Morgan fingerprint density at radius 1 is 1.24 bits per heavy atom. The van der Waals surface area contributed by atoms with Gasteiger partial charge in [-0.05, 0) is 34.1 Å². The highest BCUT2D eigenvalue weighted by Crippen LogP contribution is 2.31. The van der Waals surface area contributed by atoms with Crippen molar-refractivity contribution in [3.63, 3.8) is 0 Å². The summed E-state index contributed by atoms with van der Waals surface area (Å²) < 4.78 is 1.84. The summed E-state index contributed by atoms with van der Waals surface area (Å²) in [7, 11) is 0. The molecule has 0 aliphatic heterocycles. The quantitative estimate of drug-likeness (QED) is 0.830. The van der Waals surface area contributed by atoms with Crippen LogP contribution in [0.25, 0.3) is 0 Å². The lowest BCUT2D eigenvalue weighted by Crippen LogP contribution is -2.00. The molecule has 1 aromatic heterocycles. The van der Waals surface area contributed by atoms with E-state index >= 15 is 0 Å². The van der Waals surface area contributed by atoms with E-state index < -0.39 is 0 Å². The number of benzene rings is 1. The Bertz CT molecular complexity index is 562. The fourth-order valence-electron chi connectivity index (χ4n) is 1.19. The lowest BCUT2D eigenvalue weighted by Gasteiger charge is -2.10. The molecule has 0 amide bonds. The summed E-state index contributed by atoms with van der Waals surface area (Å²) in [4.78, 5) is 7.83. The van der Waals surface area contributed by atoms with Crippen LogP contribution < -0.4 is 11.1 Å². The van der Waals surface area contributed by atoms with Crippen molar-refractivity contribution in [2.24, 2.45) is 0 Å². The smallest absolute Gasteiger partial charge is 0.154 e. The third kappa shape index (κ3) is 2.88. The number of rotatable bonds is 2. The van der Waals surface area contributed by atoms with E-state index in [0.29, 0.717) is 10.8 Å². The minimum absolute atomic E-state index is 0.246. The van der Waals surface area contributed by atoms with Crippen molar-refractivity contribution in [2.75, 3.05) is 11.1 Å². The maximum absolute atomic E-state index is 6.00. The van der Waals surface area contributed by atoms with E-state index in [1.807, 2.05) is 18.2 Å². The zero-order valence-electron chi connectivity index (χ0n) is 8.42. The summed E-state index contributed by atoms with van der Waals surface area (Å²) in [5, 5.41) is 3.39. The van der Waals surface area contributed by atoms with Crippen LogP contribution in [0.15, 0.2) is 33.5 Å². The van der Waals surface area contributed by atoms with Crippen molar-refractivity contribution in [1.29, 1.82) is 0 Å². The number of nitrogens with one attached hydrogen (secondary N) is 1. The van der Waals surface area contributed by atoms with Gasteiger partial charge in [-0.3, -0.25) is 0 Å². The Morgan fingerprint density at radius 3 is 2.76 bits per heavy atom. The van der Waals surface area contributed by atoms with Crippen molar-refractivity contribution >= 4 is 60.8 Å². The number of hydrogen-bond donors (Lipinski definition) is 2. The van der Waals surface area contributed by atoms with Crippen molar-refractivity contribution in [1.82, 2.24) is 9.97 Å². The third-order valence-corrected chi connectivity index (χ3v) is 3.56. The minimum Gasteiger partial charge on any atom is -0.382 e. The monoisotopic (exact) mass is 376 g/mol. The molecule has 0 saturated carbocycles. The number of aromatic nitrogens is 2. The van der Waals surface area contributed by atoms with Gasteiger partial charge in [-0.15, -0.1) is 0 Å². The molecule has 7 heteroatoms. The molecule has 0 saturated heterocycles. The molecule has 88 valence electrons. The van der Waals surface area contributed by atoms with E-state index in [1.165, 1.54) is 6.33 Å². The predicted octanol–water partition coefficient (Wildman–Crippen LogP) is 3.98. The standard InChI is InChI=1S/C10H7Br2ClN4/c11-5-1-2-6(12)7(3-5)17-10-8(13)9(14)15-4-16-10/h1-4H,(H3,14,15,16,17). The van der Waals surface area contributed by atoms with Gasteiger partial charge in [0.1, 0.15) is 17.2 Å². The molecule has 2 aromatic rings. The zero-order valence-corrected chi connectivity index (χ0v) is 12.3. The topological polar surface area (TPSA) is 63.8 Å². The Balaban J connectivity index is 2.38. The minimum atomic E-state index is 0.246. The molecule has 0 bridgehead atoms. The molecule has 17 heavy (non-hydrogen) atoms. The van der Waals surface area contributed by atoms with Crippen LogP contribution in [0.2, 0.25) is 5.02 Å². The molecule has 0 aliphatic rings. The molecule has 4 nitrogen and oxygen atoms in total. The molecule has 2 rings (SSSR count). The largest absolute Gasteiger partial charge is 0.382 e. The number of halogens is 3. The SMILES string of the molecule is Nc1ncnc(Nc2cc(Br)ccc2Br)c1Cl. The van der Waals surface area contributed by atoms with Gasteiger partial charge in [-0.1, -0.05) is 27.5 Å². The van der Waals surface area contributed by atoms with Crippen LogP contribution in [-0.4, -0.2) is 9.97 Å². The van der Waals surface area contributed by atoms with Crippen LogP contribution in [0.5, 0.6) is 0 Å². The summed E-state index contributed by atoms with van der Waals surface area (Å²) in [6, 6.07) is 5.73. The van der Waals surface area contributed by atoms with Crippen LogP contribution in [0.1, 0.15) is 0 Å². The lowest BCUT2D eigenvalue weighted by atomic mass is 10.3. The van der Waals surface area contributed by atoms with Gasteiger partial charge in [-0.25, -0.2) is 9.97 Å². The fourth-order valence-corrected chi connectivity index (χ4v) is 2.04. The first kappa shape index (κ1) is 12.6. The van der Waals surface area contributed by atoms with Gasteiger partial charge < -0.3 is 11.1 Å².